The van der Waals surface area contributed by atoms with Gasteiger partial charge in [-0.1, -0.05) is 54.1 Å². The van der Waals surface area contributed by atoms with Gasteiger partial charge in [0, 0.05) is 29.5 Å². The highest BCUT2D eigenvalue weighted by Gasteiger charge is 2.47. The number of para-hydroxylation sites is 1. The molecule has 8 rings (SSSR count). The third-order valence-electron chi connectivity index (χ3n) is 10.5. The van der Waals surface area contributed by atoms with Crippen LogP contribution in [0.5, 0.6) is 5.75 Å². The Hall–Kier alpha value is -3.96. The number of benzene rings is 3. The maximum Gasteiger partial charge on any atom is 0.261 e. The van der Waals surface area contributed by atoms with Gasteiger partial charge in [-0.05, 0) is 128 Å². The Morgan fingerprint density at radius 1 is 0.800 bits per heavy atom. The van der Waals surface area contributed by atoms with Gasteiger partial charge in [-0.2, -0.15) is 0 Å². The fraction of sp³-hybridized carbons (Fsp3) is 0.359. The van der Waals surface area contributed by atoms with E-state index in [1.165, 1.54) is 27.2 Å². The molecule has 3 fully saturated rings. The Morgan fingerprint density at radius 3 is 2.18 bits per heavy atom. The third kappa shape index (κ3) is 5.35. The van der Waals surface area contributed by atoms with Crippen LogP contribution in [0.4, 0.5) is 0 Å². The largest absolute Gasteiger partial charge is 0.490 e. The molecule has 3 aromatic carbocycles. The maximum atomic E-state index is 12.8. The van der Waals surface area contributed by atoms with Gasteiger partial charge >= 0.3 is 0 Å². The molecule has 3 saturated carbocycles. The zero-order valence-corrected chi connectivity index (χ0v) is 26.2. The van der Waals surface area contributed by atoms with Crippen molar-refractivity contribution < 1.29 is 14.3 Å². The zero-order valence-electron chi connectivity index (χ0n) is 25.4. The van der Waals surface area contributed by atoms with Crippen LogP contribution in [0.1, 0.15) is 95.2 Å². The van der Waals surface area contributed by atoms with Gasteiger partial charge in [-0.25, -0.2) is 0 Å². The summed E-state index contributed by atoms with van der Waals surface area (Å²) in [5.41, 5.74) is 7.49. The van der Waals surface area contributed by atoms with E-state index in [-0.39, 0.29) is 22.6 Å². The molecular weight excluding hydrogens is 580 g/mol. The first-order valence-electron chi connectivity index (χ1n) is 16.4. The van der Waals surface area contributed by atoms with Gasteiger partial charge in [0.1, 0.15) is 5.75 Å². The van der Waals surface area contributed by atoms with Crippen LogP contribution < -0.4 is 4.74 Å². The van der Waals surface area contributed by atoms with E-state index in [4.69, 9.17) is 16.3 Å². The van der Waals surface area contributed by atoms with Crippen molar-refractivity contribution in [2.45, 2.75) is 81.1 Å². The van der Waals surface area contributed by atoms with E-state index in [1.54, 1.807) is 12.1 Å². The Balaban J connectivity index is 0.962. The highest BCUT2D eigenvalue weighted by Crippen LogP contribution is 2.56. The number of pyridine rings is 1. The first kappa shape index (κ1) is 28.5. The van der Waals surface area contributed by atoms with Crippen molar-refractivity contribution in [1.29, 1.82) is 0 Å². The number of halogens is 1. The average molecular weight is 617 g/mol. The summed E-state index contributed by atoms with van der Waals surface area (Å²) in [4.78, 5) is 31.7. The summed E-state index contributed by atoms with van der Waals surface area (Å²) in [5.74, 6) is 0.634. The fourth-order valence-electron chi connectivity index (χ4n) is 7.34. The molecule has 0 atom stereocenters. The van der Waals surface area contributed by atoms with Crippen LogP contribution in [0.25, 0.3) is 11.1 Å². The second-order valence-electron chi connectivity index (χ2n) is 13.5. The molecule has 0 spiro atoms. The third-order valence-corrected chi connectivity index (χ3v) is 10.9. The monoisotopic (exact) mass is 616 g/mol. The molecule has 4 aromatic rings. The number of imide groups is 1. The number of carbonyl (C=O) groups excluding carboxylic acids is 2. The molecule has 0 N–H and O–H groups in total. The van der Waals surface area contributed by atoms with Crippen LogP contribution in [0, 0.1) is 0 Å². The SMILES string of the molecule is O=C1c2ccccc2C(=O)N1CCCC1(c2ccc(Cl)c(CCC3(c4cnccc4-c4ccccc4OC4CC4)CC3)c2)CC1. The molecule has 2 amide bonds. The first-order chi connectivity index (χ1) is 22.0. The zero-order chi connectivity index (χ0) is 30.6. The molecule has 0 unspecified atom stereocenters. The van der Waals surface area contributed by atoms with E-state index >= 15 is 0 Å². The topological polar surface area (TPSA) is 59.5 Å². The van der Waals surface area contributed by atoms with Crippen molar-refractivity contribution in [3.63, 3.8) is 0 Å². The predicted molar refractivity (Wildman–Crippen MR) is 176 cm³/mol. The molecule has 4 aliphatic rings. The van der Waals surface area contributed by atoms with Crippen molar-refractivity contribution in [3.05, 3.63) is 118 Å². The second kappa shape index (κ2) is 11.1. The number of aryl methyl sites for hydroxylation is 1. The standard InChI is InChI=1S/C39H37ClN2O3/c40-34-13-10-27(38(18-19-38)16-5-23-42-36(43)31-7-1-2-8-32(31)37(42)44)24-26(34)14-17-39(20-21-39)33-25-41-22-15-29(33)30-6-3-4-9-35(30)45-28-11-12-28/h1-4,6-10,13,15,22,24-25,28H,5,11-12,14,16-21,23H2. The van der Waals surface area contributed by atoms with E-state index in [1.807, 2.05) is 18.3 Å². The summed E-state index contributed by atoms with van der Waals surface area (Å²) in [6.45, 7) is 0.458. The number of ether oxygens (including phenoxy) is 1. The van der Waals surface area contributed by atoms with Gasteiger partial charge in [-0.15, -0.1) is 0 Å². The summed E-state index contributed by atoms with van der Waals surface area (Å²) >= 11 is 6.82. The van der Waals surface area contributed by atoms with Gasteiger partial charge in [0.05, 0.1) is 17.2 Å². The number of hydrogen-bond donors (Lipinski definition) is 0. The number of nitrogens with zero attached hydrogens (tertiary/aromatic N) is 2. The Bertz CT molecular complexity index is 1770. The number of rotatable bonds is 12. The van der Waals surface area contributed by atoms with E-state index in [0.29, 0.717) is 23.8 Å². The Kier molecular flexibility index (Phi) is 7.05. The van der Waals surface area contributed by atoms with E-state index < -0.39 is 0 Å². The molecule has 45 heavy (non-hydrogen) atoms. The Labute approximate surface area is 269 Å². The maximum absolute atomic E-state index is 12.8. The van der Waals surface area contributed by atoms with Crippen molar-refractivity contribution >= 4 is 23.4 Å². The number of carbonyl (C=O) groups is 2. The number of fused-ring (bicyclic) bond motifs is 1. The summed E-state index contributed by atoms with van der Waals surface area (Å²) < 4.78 is 6.30. The molecule has 0 radical (unpaired) electrons. The van der Waals surface area contributed by atoms with Gasteiger partial charge in [0.15, 0.2) is 0 Å². The average Bonchev–Trinajstić information content (AvgIpc) is 3.96. The smallest absolute Gasteiger partial charge is 0.261 e. The normalized spacial score (nSPS) is 19.0. The van der Waals surface area contributed by atoms with Crippen LogP contribution in [-0.2, 0) is 17.3 Å². The molecule has 228 valence electrons. The van der Waals surface area contributed by atoms with Crippen LogP contribution in [0.15, 0.2) is 85.2 Å². The van der Waals surface area contributed by atoms with Crippen molar-refractivity contribution in [2.75, 3.05) is 6.54 Å². The summed E-state index contributed by atoms with van der Waals surface area (Å²) in [5, 5.41) is 0.825. The van der Waals surface area contributed by atoms with Gasteiger partial charge in [0.2, 0.25) is 0 Å². The molecule has 1 aliphatic heterocycles. The van der Waals surface area contributed by atoms with Crippen LogP contribution in [0.3, 0.4) is 0 Å². The molecule has 6 heteroatoms. The van der Waals surface area contributed by atoms with Crippen LogP contribution in [-0.4, -0.2) is 34.3 Å². The van der Waals surface area contributed by atoms with E-state index in [2.05, 4.69) is 59.7 Å². The minimum atomic E-state index is -0.168. The molecule has 0 bridgehead atoms. The van der Waals surface area contributed by atoms with Crippen molar-refractivity contribution in [1.82, 2.24) is 9.88 Å². The predicted octanol–water partition coefficient (Wildman–Crippen LogP) is 8.72. The quantitative estimate of drug-likeness (QED) is 0.149. The summed E-state index contributed by atoms with van der Waals surface area (Å²) in [6, 6.07) is 24.3. The van der Waals surface area contributed by atoms with Crippen LogP contribution in [0.2, 0.25) is 5.02 Å². The fourth-order valence-corrected chi connectivity index (χ4v) is 7.55. The van der Waals surface area contributed by atoms with Crippen LogP contribution >= 0.6 is 11.6 Å². The lowest BCUT2D eigenvalue weighted by Crippen LogP contribution is -2.31. The minimum absolute atomic E-state index is 0.0965. The first-order valence-corrected chi connectivity index (χ1v) is 16.8. The molecule has 1 aromatic heterocycles. The van der Waals surface area contributed by atoms with Crippen molar-refractivity contribution in [3.8, 4) is 16.9 Å². The lowest BCUT2D eigenvalue weighted by atomic mass is 9.84. The lowest BCUT2D eigenvalue weighted by Gasteiger charge is -2.22. The van der Waals surface area contributed by atoms with Gasteiger partial charge in [0.25, 0.3) is 11.8 Å². The van der Waals surface area contributed by atoms with E-state index in [0.717, 1.165) is 80.5 Å². The van der Waals surface area contributed by atoms with Gasteiger partial charge < -0.3 is 4.74 Å². The van der Waals surface area contributed by atoms with Gasteiger partial charge in [-0.3, -0.25) is 19.5 Å². The number of hydrogen-bond acceptors (Lipinski definition) is 4. The Morgan fingerprint density at radius 2 is 1.49 bits per heavy atom. The number of amides is 2. The highest BCUT2D eigenvalue weighted by molar-refractivity contribution is 6.31. The molecular formula is C39H37ClN2O3. The molecule has 2 heterocycles. The summed E-state index contributed by atoms with van der Waals surface area (Å²) in [7, 11) is 0. The molecule has 5 nitrogen and oxygen atoms in total. The molecule has 0 saturated heterocycles. The highest BCUT2D eigenvalue weighted by atomic mass is 35.5. The lowest BCUT2D eigenvalue weighted by molar-refractivity contribution is 0.0650. The summed E-state index contributed by atoms with van der Waals surface area (Å²) in [6.07, 6.45) is 14.8. The minimum Gasteiger partial charge on any atom is -0.490 e. The van der Waals surface area contributed by atoms with Crippen molar-refractivity contribution in [2.24, 2.45) is 0 Å². The number of aromatic nitrogens is 1. The second-order valence-corrected chi connectivity index (χ2v) is 13.9. The van der Waals surface area contributed by atoms with E-state index in [9.17, 15) is 9.59 Å². The molecule has 3 aliphatic carbocycles.